The maximum absolute atomic E-state index is 12.6. The number of halogens is 6. The van der Waals surface area contributed by atoms with Crippen molar-refractivity contribution in [3.8, 4) is 0 Å². The molecule has 0 radical (unpaired) electrons. The lowest BCUT2D eigenvalue weighted by Crippen LogP contribution is -2.14. The third-order valence-electron chi connectivity index (χ3n) is 2.42. The lowest BCUT2D eigenvalue weighted by molar-refractivity contribution is -0.141. The van der Waals surface area contributed by atoms with E-state index in [9.17, 15) is 31.1 Å². The monoisotopic (exact) mass is 298 g/mol. The molecule has 0 bridgehead atoms. The van der Waals surface area contributed by atoms with Gasteiger partial charge < -0.3 is 5.11 Å². The molecule has 0 saturated heterocycles. The van der Waals surface area contributed by atoms with Gasteiger partial charge in [-0.3, -0.25) is 4.40 Å². The average molecular weight is 298 g/mol. The van der Waals surface area contributed by atoms with E-state index in [1.165, 1.54) is 0 Å². The molecule has 0 aliphatic carbocycles. The molecule has 0 saturated carbocycles. The number of pyridine rings is 1. The Kier molecular flexibility index (Phi) is 2.91. The minimum Gasteiger partial charge on any atom is -0.476 e. The second-order valence-electron chi connectivity index (χ2n) is 3.76. The Morgan fingerprint density at radius 1 is 1.10 bits per heavy atom. The van der Waals surface area contributed by atoms with E-state index in [0.717, 1.165) is 0 Å². The summed E-state index contributed by atoms with van der Waals surface area (Å²) in [6.45, 7) is 0. The van der Waals surface area contributed by atoms with Crippen LogP contribution in [0.2, 0.25) is 0 Å². The van der Waals surface area contributed by atoms with Crippen LogP contribution in [0.15, 0.2) is 18.3 Å². The molecule has 0 fully saturated rings. The molecule has 2 aromatic heterocycles. The Labute approximate surface area is 106 Å². The molecule has 4 nitrogen and oxygen atoms in total. The molecule has 0 unspecified atom stereocenters. The summed E-state index contributed by atoms with van der Waals surface area (Å²) in [7, 11) is 0. The topological polar surface area (TPSA) is 54.6 Å². The SMILES string of the molecule is O=C(O)c1c(C(F)(F)F)nc2ccc(C(F)(F)F)cn12. The predicted octanol–water partition coefficient (Wildman–Crippen LogP) is 3.07. The first-order valence-corrected chi connectivity index (χ1v) is 4.91. The number of hydrogen-bond acceptors (Lipinski definition) is 2. The molecule has 0 atom stereocenters. The number of nitrogens with zero attached hydrogens (tertiary/aromatic N) is 2. The van der Waals surface area contributed by atoms with Crippen molar-refractivity contribution in [2.75, 3.05) is 0 Å². The van der Waals surface area contributed by atoms with Crippen LogP contribution < -0.4 is 0 Å². The van der Waals surface area contributed by atoms with Crippen LogP contribution in [0.3, 0.4) is 0 Å². The number of carboxylic acids is 1. The van der Waals surface area contributed by atoms with Crippen molar-refractivity contribution < 1.29 is 36.2 Å². The summed E-state index contributed by atoms with van der Waals surface area (Å²) in [4.78, 5) is 13.9. The smallest absolute Gasteiger partial charge is 0.435 e. The standard InChI is InChI=1S/C10H4F6N2O2/c11-9(12,13)4-1-2-5-17-7(10(14,15)16)6(8(19)20)18(5)3-4/h1-3H,(H,19,20). The van der Waals surface area contributed by atoms with E-state index in [-0.39, 0.29) is 10.6 Å². The normalized spacial score (nSPS) is 12.9. The first kappa shape index (κ1) is 14.2. The van der Waals surface area contributed by atoms with Gasteiger partial charge in [-0.25, -0.2) is 9.78 Å². The Balaban J connectivity index is 2.81. The number of hydrogen-bond donors (Lipinski definition) is 1. The zero-order valence-electron chi connectivity index (χ0n) is 9.25. The summed E-state index contributed by atoms with van der Waals surface area (Å²) < 4.78 is 75.6. The van der Waals surface area contributed by atoms with Gasteiger partial charge in [-0.05, 0) is 12.1 Å². The highest BCUT2D eigenvalue weighted by atomic mass is 19.4. The quantitative estimate of drug-likeness (QED) is 0.823. The number of imidazole rings is 1. The molecule has 20 heavy (non-hydrogen) atoms. The maximum atomic E-state index is 12.6. The first-order valence-electron chi connectivity index (χ1n) is 4.91. The van der Waals surface area contributed by atoms with Crippen molar-refractivity contribution in [3.05, 3.63) is 35.3 Å². The van der Waals surface area contributed by atoms with Crippen molar-refractivity contribution >= 4 is 11.6 Å². The molecular formula is C10H4F6N2O2. The number of fused-ring (bicyclic) bond motifs is 1. The van der Waals surface area contributed by atoms with Gasteiger partial charge in [0.25, 0.3) is 0 Å². The van der Waals surface area contributed by atoms with Crippen LogP contribution in [0.5, 0.6) is 0 Å². The van der Waals surface area contributed by atoms with Gasteiger partial charge in [-0.1, -0.05) is 0 Å². The molecule has 0 aliphatic rings. The van der Waals surface area contributed by atoms with E-state index in [4.69, 9.17) is 5.11 Å². The van der Waals surface area contributed by atoms with Gasteiger partial charge in [0.2, 0.25) is 0 Å². The molecule has 2 heterocycles. The number of carboxylic acid groups (broad SMARTS) is 1. The Bertz CT molecular complexity index is 685. The minimum atomic E-state index is -5.09. The summed E-state index contributed by atoms with van der Waals surface area (Å²) >= 11 is 0. The highest BCUT2D eigenvalue weighted by Gasteiger charge is 2.41. The van der Waals surface area contributed by atoms with E-state index in [1.54, 1.807) is 0 Å². The Morgan fingerprint density at radius 2 is 1.70 bits per heavy atom. The fourth-order valence-corrected chi connectivity index (χ4v) is 1.61. The van der Waals surface area contributed by atoms with Gasteiger partial charge in [-0.2, -0.15) is 26.3 Å². The highest BCUT2D eigenvalue weighted by molar-refractivity contribution is 5.88. The first-order chi connectivity index (χ1) is 9.01. The van der Waals surface area contributed by atoms with Gasteiger partial charge in [0.1, 0.15) is 5.65 Å². The summed E-state index contributed by atoms with van der Waals surface area (Å²) in [6, 6.07) is 1.19. The van der Waals surface area contributed by atoms with Crippen LogP contribution in [-0.4, -0.2) is 20.5 Å². The molecular weight excluding hydrogens is 294 g/mol. The molecule has 2 aromatic rings. The molecule has 0 spiro atoms. The van der Waals surface area contributed by atoms with E-state index >= 15 is 0 Å². The van der Waals surface area contributed by atoms with Crippen LogP contribution >= 0.6 is 0 Å². The Morgan fingerprint density at radius 3 is 2.15 bits per heavy atom. The van der Waals surface area contributed by atoms with Crippen LogP contribution in [-0.2, 0) is 12.4 Å². The van der Waals surface area contributed by atoms with Gasteiger partial charge >= 0.3 is 18.3 Å². The zero-order valence-corrected chi connectivity index (χ0v) is 9.25. The van der Waals surface area contributed by atoms with Crippen LogP contribution in [0.4, 0.5) is 26.3 Å². The largest absolute Gasteiger partial charge is 0.476 e. The molecule has 10 heteroatoms. The summed E-state index contributed by atoms with van der Waals surface area (Å²) in [5, 5.41) is 8.77. The zero-order chi connectivity index (χ0) is 15.3. The Hall–Kier alpha value is -2.26. The third-order valence-corrected chi connectivity index (χ3v) is 2.42. The van der Waals surface area contributed by atoms with Crippen molar-refractivity contribution in [1.29, 1.82) is 0 Å². The van der Waals surface area contributed by atoms with E-state index in [1.807, 2.05) is 0 Å². The molecule has 2 rings (SSSR count). The molecule has 1 N–H and O–H groups in total. The van der Waals surface area contributed by atoms with E-state index in [0.29, 0.717) is 12.1 Å². The van der Waals surface area contributed by atoms with Crippen LogP contribution in [0.25, 0.3) is 5.65 Å². The molecule has 0 aliphatic heterocycles. The van der Waals surface area contributed by atoms with Gasteiger partial charge in [0.15, 0.2) is 11.4 Å². The second kappa shape index (κ2) is 4.12. The number of carbonyl (C=O) groups is 1. The predicted molar refractivity (Wildman–Crippen MR) is 52.2 cm³/mol. The van der Waals surface area contributed by atoms with Crippen molar-refractivity contribution in [2.45, 2.75) is 12.4 Å². The van der Waals surface area contributed by atoms with E-state index < -0.39 is 40.9 Å². The number of aromatic carboxylic acids is 1. The van der Waals surface area contributed by atoms with Crippen LogP contribution in [0, 0.1) is 0 Å². The minimum absolute atomic E-state index is 0.258. The summed E-state index contributed by atoms with van der Waals surface area (Å²) in [5.74, 6) is -2.02. The van der Waals surface area contributed by atoms with Gasteiger partial charge in [0, 0.05) is 6.20 Å². The lowest BCUT2D eigenvalue weighted by atomic mass is 10.2. The number of alkyl halides is 6. The van der Waals surface area contributed by atoms with Crippen LogP contribution in [0.1, 0.15) is 21.7 Å². The summed E-state index contributed by atoms with van der Waals surface area (Å²) in [6.07, 6.45) is -9.63. The fourth-order valence-electron chi connectivity index (χ4n) is 1.61. The van der Waals surface area contributed by atoms with Crippen molar-refractivity contribution in [3.63, 3.8) is 0 Å². The van der Waals surface area contributed by atoms with E-state index in [2.05, 4.69) is 4.98 Å². The number of rotatable bonds is 1. The molecule has 0 amide bonds. The van der Waals surface area contributed by atoms with Crippen molar-refractivity contribution in [1.82, 2.24) is 9.38 Å². The highest BCUT2D eigenvalue weighted by Crippen LogP contribution is 2.34. The fraction of sp³-hybridized carbons (Fsp3) is 0.200. The molecule has 0 aromatic carbocycles. The maximum Gasteiger partial charge on any atom is 0.435 e. The van der Waals surface area contributed by atoms with Gasteiger partial charge in [0.05, 0.1) is 5.56 Å². The average Bonchev–Trinajstić information content (AvgIpc) is 2.65. The lowest BCUT2D eigenvalue weighted by Gasteiger charge is -2.07. The van der Waals surface area contributed by atoms with Gasteiger partial charge in [-0.15, -0.1) is 0 Å². The van der Waals surface area contributed by atoms with Crippen molar-refractivity contribution in [2.24, 2.45) is 0 Å². The summed E-state index contributed by atoms with van der Waals surface area (Å²) in [5.41, 5.74) is -4.93. The second-order valence-corrected chi connectivity index (χ2v) is 3.76. The molecule has 108 valence electrons. The third kappa shape index (κ3) is 2.28. The number of aromatic nitrogens is 2.